The Morgan fingerprint density at radius 1 is 1.22 bits per heavy atom. The van der Waals surface area contributed by atoms with Crippen molar-refractivity contribution in [3.8, 4) is 5.75 Å². The van der Waals surface area contributed by atoms with Crippen molar-refractivity contribution in [2.45, 2.75) is 13.5 Å². The number of hydrogen-bond acceptors (Lipinski definition) is 3. The topological polar surface area (TPSA) is 51.1 Å². The van der Waals surface area contributed by atoms with Crippen LogP contribution in [0.3, 0.4) is 0 Å². The number of aryl methyl sites for hydroxylation is 1. The molecule has 0 spiro atoms. The molecule has 1 aromatic heterocycles. The number of nitrogens with one attached hydrogen (secondary N) is 2. The van der Waals surface area contributed by atoms with Crippen molar-refractivity contribution in [2.75, 3.05) is 17.7 Å². The molecule has 0 fully saturated rings. The molecule has 5 nitrogen and oxygen atoms in total. The van der Waals surface area contributed by atoms with Gasteiger partial charge in [0.1, 0.15) is 11.6 Å². The molecule has 0 saturated carbocycles. The van der Waals surface area contributed by atoms with Crippen LogP contribution in [-0.4, -0.2) is 22.0 Å². The van der Waals surface area contributed by atoms with Gasteiger partial charge < -0.3 is 15.4 Å². The van der Waals surface area contributed by atoms with Crippen LogP contribution in [0.15, 0.2) is 53.1 Å². The Labute approximate surface area is 170 Å². The lowest BCUT2D eigenvalue weighted by atomic mass is 10.2. The number of halogens is 2. The van der Waals surface area contributed by atoms with Gasteiger partial charge in [-0.15, -0.1) is 0 Å². The zero-order chi connectivity index (χ0) is 19.4. The molecule has 27 heavy (non-hydrogen) atoms. The first-order valence-corrected chi connectivity index (χ1v) is 9.35. The van der Waals surface area contributed by atoms with E-state index in [9.17, 15) is 4.39 Å². The van der Waals surface area contributed by atoms with Crippen molar-refractivity contribution in [3.05, 3.63) is 70.1 Å². The van der Waals surface area contributed by atoms with Crippen LogP contribution in [0.5, 0.6) is 5.75 Å². The summed E-state index contributed by atoms with van der Waals surface area (Å²) < 4.78 is 20.9. The summed E-state index contributed by atoms with van der Waals surface area (Å²) in [6, 6.07) is 12.1. The van der Waals surface area contributed by atoms with Crippen molar-refractivity contribution >= 4 is 44.8 Å². The molecule has 0 aliphatic heterocycles. The van der Waals surface area contributed by atoms with Gasteiger partial charge in [0.25, 0.3) is 0 Å². The Bertz CT molecular complexity index is 959. The molecule has 0 saturated heterocycles. The Balaban J connectivity index is 1.69. The normalized spacial score (nSPS) is 10.5. The summed E-state index contributed by atoms with van der Waals surface area (Å²) in [6.45, 7) is 2.52. The van der Waals surface area contributed by atoms with Gasteiger partial charge in [0.05, 0.1) is 23.8 Å². The van der Waals surface area contributed by atoms with Crippen LogP contribution in [0.1, 0.15) is 11.1 Å². The maximum absolute atomic E-state index is 13.0. The zero-order valence-corrected chi connectivity index (χ0v) is 17.2. The summed E-state index contributed by atoms with van der Waals surface area (Å²) in [5, 5.41) is 11.1. The Morgan fingerprint density at radius 3 is 2.67 bits per heavy atom. The first-order valence-electron chi connectivity index (χ1n) is 8.14. The smallest absolute Gasteiger partial charge is 0.176 e. The maximum atomic E-state index is 13.0. The molecule has 3 aromatic rings. The van der Waals surface area contributed by atoms with Crippen molar-refractivity contribution in [1.29, 1.82) is 0 Å². The highest BCUT2D eigenvalue weighted by Gasteiger charge is 2.11. The first kappa shape index (κ1) is 19.3. The standard InChI is InChI=1S/C19H18BrFN4OS/c1-12-3-8-17(26-2)16(9-12)22-19(27)23-18-15(20)11-25(24-18)10-13-4-6-14(21)7-5-13/h3-9,11H,10H2,1-2H3,(H2,22,23,24,27). The lowest BCUT2D eigenvalue weighted by molar-refractivity contribution is 0.417. The Hall–Kier alpha value is -2.45. The molecule has 0 bridgehead atoms. The number of aromatic nitrogens is 2. The molecular weight excluding hydrogens is 431 g/mol. The number of rotatable bonds is 5. The Kier molecular flexibility index (Phi) is 6.08. The summed E-state index contributed by atoms with van der Waals surface area (Å²) in [7, 11) is 1.61. The van der Waals surface area contributed by atoms with Crippen LogP contribution in [0, 0.1) is 12.7 Å². The van der Waals surface area contributed by atoms with E-state index in [2.05, 4.69) is 31.7 Å². The highest BCUT2D eigenvalue weighted by atomic mass is 79.9. The molecule has 0 amide bonds. The second kappa shape index (κ2) is 8.49. The molecule has 3 rings (SSSR count). The summed E-state index contributed by atoms with van der Waals surface area (Å²) in [5.41, 5.74) is 2.81. The van der Waals surface area contributed by atoms with Gasteiger partial charge in [-0.25, -0.2) is 4.39 Å². The maximum Gasteiger partial charge on any atom is 0.176 e. The molecule has 0 unspecified atom stereocenters. The van der Waals surface area contributed by atoms with Gasteiger partial charge in [0.15, 0.2) is 10.9 Å². The summed E-state index contributed by atoms with van der Waals surface area (Å²) in [6.07, 6.45) is 1.83. The highest BCUT2D eigenvalue weighted by Crippen LogP contribution is 2.26. The summed E-state index contributed by atoms with van der Waals surface area (Å²) >= 11 is 8.87. The average Bonchev–Trinajstić information content (AvgIpc) is 2.96. The number of hydrogen-bond donors (Lipinski definition) is 2. The van der Waals surface area contributed by atoms with Gasteiger partial charge in [-0.05, 0) is 70.5 Å². The molecule has 0 aliphatic rings. The van der Waals surface area contributed by atoms with E-state index in [-0.39, 0.29) is 5.82 Å². The predicted molar refractivity (Wildman–Crippen MR) is 113 cm³/mol. The van der Waals surface area contributed by atoms with Gasteiger partial charge >= 0.3 is 0 Å². The molecule has 1 heterocycles. The van der Waals surface area contributed by atoms with E-state index >= 15 is 0 Å². The van der Waals surface area contributed by atoms with Crippen molar-refractivity contribution in [2.24, 2.45) is 0 Å². The zero-order valence-electron chi connectivity index (χ0n) is 14.8. The van der Waals surface area contributed by atoms with Gasteiger partial charge in [0.2, 0.25) is 0 Å². The van der Waals surface area contributed by atoms with Crippen LogP contribution < -0.4 is 15.4 Å². The molecule has 140 valence electrons. The van der Waals surface area contributed by atoms with Crippen LogP contribution in [0.25, 0.3) is 0 Å². The molecule has 8 heteroatoms. The van der Waals surface area contributed by atoms with E-state index in [0.29, 0.717) is 23.2 Å². The number of thiocarbonyl (C=S) groups is 1. The molecule has 0 aliphatic carbocycles. The summed E-state index contributed by atoms with van der Waals surface area (Å²) in [4.78, 5) is 0. The second-order valence-electron chi connectivity index (χ2n) is 5.93. The third-order valence-corrected chi connectivity index (χ3v) is 4.59. The summed E-state index contributed by atoms with van der Waals surface area (Å²) in [5.74, 6) is 1.03. The number of ether oxygens (including phenoxy) is 1. The monoisotopic (exact) mass is 448 g/mol. The fourth-order valence-electron chi connectivity index (χ4n) is 2.52. The van der Waals surface area contributed by atoms with Crippen molar-refractivity contribution in [1.82, 2.24) is 9.78 Å². The molecule has 2 N–H and O–H groups in total. The van der Waals surface area contributed by atoms with Crippen LogP contribution >= 0.6 is 28.1 Å². The number of nitrogens with zero attached hydrogens (tertiary/aromatic N) is 2. The number of anilines is 2. The lowest BCUT2D eigenvalue weighted by Gasteiger charge is -2.13. The fraction of sp³-hybridized carbons (Fsp3) is 0.158. The van der Waals surface area contributed by atoms with E-state index in [1.54, 1.807) is 23.9 Å². The van der Waals surface area contributed by atoms with Crippen LogP contribution in [-0.2, 0) is 6.54 Å². The lowest BCUT2D eigenvalue weighted by Crippen LogP contribution is -2.20. The van der Waals surface area contributed by atoms with Crippen molar-refractivity contribution in [3.63, 3.8) is 0 Å². The largest absolute Gasteiger partial charge is 0.495 e. The minimum atomic E-state index is -0.259. The SMILES string of the molecule is COc1ccc(C)cc1NC(=S)Nc1nn(Cc2ccc(F)cc2)cc1Br. The minimum absolute atomic E-state index is 0.259. The van der Waals surface area contributed by atoms with Gasteiger partial charge in [-0.2, -0.15) is 5.10 Å². The van der Waals surface area contributed by atoms with E-state index in [4.69, 9.17) is 17.0 Å². The Morgan fingerprint density at radius 2 is 1.96 bits per heavy atom. The molecular formula is C19H18BrFN4OS. The second-order valence-corrected chi connectivity index (χ2v) is 7.20. The molecule has 0 radical (unpaired) electrons. The van der Waals surface area contributed by atoms with E-state index in [1.165, 1.54) is 12.1 Å². The van der Waals surface area contributed by atoms with Crippen LogP contribution in [0.4, 0.5) is 15.9 Å². The highest BCUT2D eigenvalue weighted by molar-refractivity contribution is 9.10. The van der Waals surface area contributed by atoms with E-state index in [1.807, 2.05) is 31.3 Å². The average molecular weight is 449 g/mol. The fourth-order valence-corrected chi connectivity index (χ4v) is 3.14. The first-order chi connectivity index (χ1) is 12.9. The molecule has 0 atom stereocenters. The third kappa shape index (κ3) is 5.05. The predicted octanol–water partition coefficient (Wildman–Crippen LogP) is 4.96. The van der Waals surface area contributed by atoms with Crippen molar-refractivity contribution < 1.29 is 9.13 Å². The van der Waals surface area contributed by atoms with Gasteiger partial charge in [0, 0.05) is 6.20 Å². The number of benzene rings is 2. The van der Waals surface area contributed by atoms with E-state index in [0.717, 1.165) is 21.3 Å². The van der Waals surface area contributed by atoms with Gasteiger partial charge in [-0.3, -0.25) is 4.68 Å². The van der Waals surface area contributed by atoms with Gasteiger partial charge in [-0.1, -0.05) is 18.2 Å². The van der Waals surface area contributed by atoms with Crippen LogP contribution in [0.2, 0.25) is 0 Å². The number of methoxy groups -OCH3 is 1. The van der Waals surface area contributed by atoms with E-state index < -0.39 is 0 Å². The minimum Gasteiger partial charge on any atom is -0.495 e. The quantitative estimate of drug-likeness (QED) is 0.540. The molecule has 2 aromatic carbocycles. The third-order valence-electron chi connectivity index (χ3n) is 3.81.